The normalized spacial score (nSPS) is 22.2. The van der Waals surface area contributed by atoms with Gasteiger partial charge in [-0.25, -0.2) is 4.79 Å². The summed E-state index contributed by atoms with van der Waals surface area (Å²) in [5.74, 6) is -0.609. The van der Waals surface area contributed by atoms with Gasteiger partial charge in [0, 0.05) is 13.7 Å². The van der Waals surface area contributed by atoms with Crippen molar-refractivity contribution in [2.45, 2.75) is 18.6 Å². The van der Waals surface area contributed by atoms with Crippen molar-refractivity contribution in [1.29, 1.82) is 0 Å². The lowest BCUT2D eigenvalue weighted by Gasteiger charge is -2.11. The van der Waals surface area contributed by atoms with E-state index < -0.39 is 5.97 Å². The molecule has 0 spiro atoms. The molecule has 2 atom stereocenters. The van der Waals surface area contributed by atoms with Crippen LogP contribution in [0.5, 0.6) is 0 Å². The molecular weight excluding hydrogens is 268 g/mol. The minimum Gasteiger partial charge on any atom is -0.465 e. The predicted molar refractivity (Wildman–Crippen MR) is 71.5 cm³/mol. The van der Waals surface area contributed by atoms with Gasteiger partial charge < -0.3 is 20.1 Å². The fourth-order valence-electron chi connectivity index (χ4n) is 1.96. The second kappa shape index (κ2) is 6.14. The predicted octanol–water partition coefficient (Wildman–Crippen LogP) is 0.850. The SMILES string of the molecule is COC(=O)c1sccc1NC(=O)C1CC(OC)CN1. The minimum absolute atomic E-state index is 0.0540. The van der Waals surface area contributed by atoms with Crippen molar-refractivity contribution in [3.63, 3.8) is 0 Å². The summed E-state index contributed by atoms with van der Waals surface area (Å²) in [6.45, 7) is 0.655. The van der Waals surface area contributed by atoms with Crippen molar-refractivity contribution >= 4 is 28.9 Å². The molecule has 7 heteroatoms. The maximum absolute atomic E-state index is 12.1. The Hall–Kier alpha value is -1.44. The molecule has 1 aromatic heterocycles. The van der Waals surface area contributed by atoms with Gasteiger partial charge in [-0.15, -0.1) is 11.3 Å². The van der Waals surface area contributed by atoms with Gasteiger partial charge in [0.1, 0.15) is 4.88 Å². The third-order valence-corrected chi connectivity index (χ3v) is 3.93. The van der Waals surface area contributed by atoms with Crippen molar-refractivity contribution in [2.75, 3.05) is 26.1 Å². The molecule has 1 aliphatic heterocycles. The number of ether oxygens (including phenoxy) is 2. The summed E-state index contributed by atoms with van der Waals surface area (Å²) in [5, 5.41) is 7.57. The van der Waals surface area contributed by atoms with E-state index in [-0.39, 0.29) is 18.1 Å². The number of methoxy groups -OCH3 is 2. The first-order valence-corrected chi connectivity index (χ1v) is 6.76. The largest absolute Gasteiger partial charge is 0.465 e. The molecule has 0 aliphatic carbocycles. The lowest BCUT2D eigenvalue weighted by molar-refractivity contribution is -0.118. The fraction of sp³-hybridized carbons (Fsp3) is 0.500. The molecule has 0 bridgehead atoms. The third-order valence-electron chi connectivity index (χ3n) is 3.03. The summed E-state index contributed by atoms with van der Waals surface area (Å²) in [5.41, 5.74) is 0.490. The minimum atomic E-state index is -0.445. The maximum Gasteiger partial charge on any atom is 0.350 e. The van der Waals surface area contributed by atoms with E-state index in [9.17, 15) is 9.59 Å². The quantitative estimate of drug-likeness (QED) is 0.802. The average Bonchev–Trinajstić information content (AvgIpc) is 3.06. The van der Waals surface area contributed by atoms with Gasteiger partial charge in [0.05, 0.1) is 24.9 Å². The summed E-state index contributed by atoms with van der Waals surface area (Å²) in [6.07, 6.45) is 0.679. The van der Waals surface area contributed by atoms with Crippen LogP contribution in [0.3, 0.4) is 0 Å². The Bertz CT molecular complexity index is 474. The van der Waals surface area contributed by atoms with E-state index in [0.717, 1.165) is 0 Å². The Morgan fingerprint density at radius 3 is 2.89 bits per heavy atom. The lowest BCUT2D eigenvalue weighted by atomic mass is 10.2. The zero-order valence-electron chi connectivity index (χ0n) is 10.8. The first kappa shape index (κ1) is 14.0. The van der Waals surface area contributed by atoms with Crippen LogP contribution in [-0.4, -0.2) is 44.8 Å². The van der Waals surface area contributed by atoms with E-state index in [1.165, 1.54) is 18.4 Å². The molecule has 2 unspecified atom stereocenters. The highest BCUT2D eigenvalue weighted by Crippen LogP contribution is 2.23. The fourth-order valence-corrected chi connectivity index (χ4v) is 2.73. The summed E-state index contributed by atoms with van der Waals surface area (Å²) in [7, 11) is 2.94. The Morgan fingerprint density at radius 2 is 2.26 bits per heavy atom. The number of esters is 1. The van der Waals surface area contributed by atoms with E-state index in [4.69, 9.17) is 4.74 Å². The topological polar surface area (TPSA) is 76.7 Å². The van der Waals surface area contributed by atoms with Crippen LogP contribution in [0.2, 0.25) is 0 Å². The van der Waals surface area contributed by atoms with Crippen molar-refractivity contribution in [2.24, 2.45) is 0 Å². The van der Waals surface area contributed by atoms with Crippen LogP contribution < -0.4 is 10.6 Å². The molecule has 6 nitrogen and oxygen atoms in total. The molecule has 0 aromatic carbocycles. The molecule has 1 saturated heterocycles. The van der Waals surface area contributed by atoms with Crippen LogP contribution in [0, 0.1) is 0 Å². The van der Waals surface area contributed by atoms with Crippen molar-refractivity contribution < 1.29 is 19.1 Å². The number of carbonyl (C=O) groups is 2. The van der Waals surface area contributed by atoms with E-state index >= 15 is 0 Å². The van der Waals surface area contributed by atoms with E-state index in [2.05, 4.69) is 15.4 Å². The maximum atomic E-state index is 12.1. The number of nitrogens with one attached hydrogen (secondary N) is 2. The highest BCUT2D eigenvalue weighted by atomic mass is 32.1. The summed E-state index contributed by atoms with van der Waals surface area (Å²) >= 11 is 1.24. The van der Waals surface area contributed by atoms with Gasteiger partial charge in [-0.3, -0.25) is 4.79 Å². The molecular formula is C12H16N2O4S. The van der Waals surface area contributed by atoms with E-state index in [1.807, 2.05) is 0 Å². The monoisotopic (exact) mass is 284 g/mol. The third kappa shape index (κ3) is 3.12. The molecule has 2 rings (SSSR count). The van der Waals surface area contributed by atoms with Crippen molar-refractivity contribution in [3.05, 3.63) is 16.3 Å². The average molecular weight is 284 g/mol. The Balaban J connectivity index is 2.00. The van der Waals surface area contributed by atoms with Gasteiger partial charge in [0.2, 0.25) is 5.91 Å². The van der Waals surface area contributed by atoms with Gasteiger partial charge >= 0.3 is 5.97 Å². The zero-order chi connectivity index (χ0) is 13.8. The molecule has 1 fully saturated rings. The summed E-state index contributed by atoms with van der Waals surface area (Å²) in [6, 6.07) is 1.40. The Labute approximate surface area is 115 Å². The molecule has 0 radical (unpaired) electrons. The molecule has 0 saturated carbocycles. The molecule has 19 heavy (non-hydrogen) atoms. The Kier molecular flexibility index (Phi) is 4.52. The number of rotatable bonds is 4. The highest BCUT2D eigenvalue weighted by Gasteiger charge is 2.30. The number of carbonyl (C=O) groups excluding carboxylic acids is 2. The highest BCUT2D eigenvalue weighted by molar-refractivity contribution is 7.12. The number of anilines is 1. The van der Waals surface area contributed by atoms with Crippen molar-refractivity contribution in [3.8, 4) is 0 Å². The molecule has 2 heterocycles. The van der Waals surface area contributed by atoms with E-state index in [1.54, 1.807) is 18.6 Å². The second-order valence-electron chi connectivity index (χ2n) is 4.20. The van der Waals surface area contributed by atoms with E-state index in [0.29, 0.717) is 23.5 Å². The van der Waals surface area contributed by atoms with Crippen LogP contribution in [-0.2, 0) is 14.3 Å². The smallest absolute Gasteiger partial charge is 0.350 e. The van der Waals surface area contributed by atoms with Gasteiger partial charge in [0.25, 0.3) is 0 Å². The van der Waals surface area contributed by atoms with Crippen LogP contribution in [0.1, 0.15) is 16.1 Å². The second-order valence-corrected chi connectivity index (χ2v) is 5.11. The number of hydrogen-bond donors (Lipinski definition) is 2. The zero-order valence-corrected chi connectivity index (χ0v) is 11.6. The van der Waals surface area contributed by atoms with Gasteiger partial charge in [-0.1, -0.05) is 0 Å². The summed E-state index contributed by atoms with van der Waals surface area (Å²) in [4.78, 5) is 24.0. The van der Waals surface area contributed by atoms with Crippen LogP contribution in [0.15, 0.2) is 11.4 Å². The van der Waals surface area contributed by atoms with Gasteiger partial charge in [0.15, 0.2) is 0 Å². The van der Waals surface area contributed by atoms with Crippen LogP contribution in [0.4, 0.5) is 5.69 Å². The summed E-state index contributed by atoms with van der Waals surface area (Å²) < 4.78 is 9.85. The first-order valence-electron chi connectivity index (χ1n) is 5.88. The molecule has 1 aromatic rings. The van der Waals surface area contributed by atoms with Gasteiger partial charge in [-0.2, -0.15) is 0 Å². The first-order chi connectivity index (χ1) is 9.15. The van der Waals surface area contributed by atoms with Crippen LogP contribution >= 0.6 is 11.3 Å². The molecule has 104 valence electrons. The molecule has 1 amide bonds. The van der Waals surface area contributed by atoms with Crippen molar-refractivity contribution in [1.82, 2.24) is 5.32 Å². The molecule has 2 N–H and O–H groups in total. The van der Waals surface area contributed by atoms with Crippen LogP contribution in [0.25, 0.3) is 0 Å². The Morgan fingerprint density at radius 1 is 1.47 bits per heavy atom. The standard InChI is InChI=1S/C12H16N2O4S/c1-17-7-5-9(13-6-7)11(15)14-8-3-4-19-10(8)12(16)18-2/h3-4,7,9,13H,5-6H2,1-2H3,(H,14,15). The lowest BCUT2D eigenvalue weighted by Crippen LogP contribution is -2.35. The van der Waals surface area contributed by atoms with Gasteiger partial charge in [-0.05, 0) is 17.9 Å². The number of amides is 1. The number of hydrogen-bond acceptors (Lipinski definition) is 6. The molecule has 1 aliphatic rings. The number of thiophene rings is 1.